The minimum absolute atomic E-state index is 0.806. The number of hydrogen-bond acceptors (Lipinski definition) is 0. The first-order valence-electron chi connectivity index (χ1n) is 1.56. The predicted octanol–water partition coefficient (Wildman–Crippen LogP) is 0.533. The Balaban J connectivity index is 2.65. The molecule has 0 unspecified atom stereocenters. The Morgan fingerprint density at radius 2 is 2.40 bits per heavy atom. The Labute approximate surface area is 33.6 Å². The van der Waals surface area contributed by atoms with E-state index < -0.39 is 0 Å². The van der Waals surface area contributed by atoms with Gasteiger partial charge in [0.05, 0.1) is 0 Å². The van der Waals surface area contributed by atoms with Gasteiger partial charge in [-0.25, -0.2) is 0 Å². The van der Waals surface area contributed by atoms with Crippen molar-refractivity contribution >= 4 is 13.5 Å². The summed E-state index contributed by atoms with van der Waals surface area (Å²) in [7, 11) is 4.94. The van der Waals surface area contributed by atoms with Gasteiger partial charge >= 0.3 is 32.5 Å². The molecule has 0 atom stereocenters. The van der Waals surface area contributed by atoms with Gasteiger partial charge in [-0.05, 0) is 0 Å². The molecule has 0 aromatic rings. The van der Waals surface area contributed by atoms with Crippen LogP contribution in [0.25, 0.3) is 0 Å². The second kappa shape index (κ2) is 3.67. The number of hydrogen-bond donors (Lipinski definition) is 0. The summed E-state index contributed by atoms with van der Waals surface area (Å²) >= 11 is 0. The average molecular weight is 64.9 g/mol. The third-order valence-electron chi connectivity index (χ3n) is 0.303. The Kier molecular flexibility index (Phi) is 3.44. The standard InChI is InChI=1S/C4H6B/c1-2-3-4-5/h2,4H,1,3H2. The number of allylic oxidation sites excluding steroid dienone is 1. The summed E-state index contributed by atoms with van der Waals surface area (Å²) in [6.45, 7) is 3.44. The van der Waals surface area contributed by atoms with E-state index in [-0.39, 0.29) is 0 Å². The van der Waals surface area contributed by atoms with E-state index in [1.54, 1.807) is 12.0 Å². The predicted molar refractivity (Wildman–Crippen MR) is 26.6 cm³/mol. The third-order valence-corrected chi connectivity index (χ3v) is 0.303. The summed E-state index contributed by atoms with van der Waals surface area (Å²) in [6.07, 6.45) is 2.56. The molecule has 0 spiro atoms. The molecule has 0 nitrogen and oxygen atoms in total. The van der Waals surface area contributed by atoms with Crippen LogP contribution in [0.1, 0.15) is 6.42 Å². The van der Waals surface area contributed by atoms with Crippen LogP contribution in [0.4, 0.5) is 0 Å². The fraction of sp³-hybridized carbons (Fsp3) is 0.250. The van der Waals surface area contributed by atoms with Gasteiger partial charge in [0.25, 0.3) is 0 Å². The summed E-state index contributed by atoms with van der Waals surface area (Å²) in [4.78, 5) is 0. The molecule has 0 saturated carbocycles. The molecular weight excluding hydrogens is 58.9 g/mol. The summed E-state index contributed by atoms with van der Waals surface area (Å²) in [5, 5.41) is 0. The normalized spacial score (nSPS) is 6.20. The molecule has 0 aliphatic heterocycles. The van der Waals surface area contributed by atoms with E-state index in [1.807, 2.05) is 0 Å². The van der Waals surface area contributed by atoms with E-state index in [2.05, 4.69) is 6.58 Å². The first kappa shape index (κ1) is 4.67. The molecular formula is C4H6B. The Hall–Kier alpha value is -0.325. The topological polar surface area (TPSA) is 0 Å². The van der Waals surface area contributed by atoms with Crippen LogP contribution in [0.3, 0.4) is 0 Å². The van der Waals surface area contributed by atoms with Gasteiger partial charge < -0.3 is 0 Å². The molecule has 1 heteroatoms. The monoisotopic (exact) mass is 65.1 g/mol. The summed E-state index contributed by atoms with van der Waals surface area (Å²) in [5.41, 5.74) is 0. The van der Waals surface area contributed by atoms with Crippen LogP contribution < -0.4 is 0 Å². The molecule has 0 N–H and O–H groups in total. The summed E-state index contributed by atoms with van der Waals surface area (Å²) in [5.74, 6) is 1.56. The first-order valence-corrected chi connectivity index (χ1v) is 1.56. The Morgan fingerprint density at radius 3 is 2.40 bits per heavy atom. The van der Waals surface area contributed by atoms with E-state index in [4.69, 9.17) is 7.49 Å². The zero-order chi connectivity index (χ0) is 4.12. The van der Waals surface area contributed by atoms with Crippen molar-refractivity contribution in [3.05, 3.63) is 12.7 Å². The first-order chi connectivity index (χ1) is 2.41. The molecule has 25 valence electrons. The second-order valence-corrected chi connectivity index (χ2v) is 0.760. The molecule has 5 heavy (non-hydrogen) atoms. The molecule has 1 radical (unpaired) electrons. The molecule has 0 fully saturated rings. The Bertz CT molecular complexity index is 32.9. The van der Waals surface area contributed by atoms with Crippen LogP contribution in [-0.4, -0.2) is 13.5 Å². The zero-order valence-corrected chi connectivity index (χ0v) is 3.15. The zero-order valence-electron chi connectivity index (χ0n) is 3.15. The number of rotatable bonds is 2. The quantitative estimate of drug-likeness (QED) is 0.325. The molecule has 0 aromatic heterocycles. The van der Waals surface area contributed by atoms with Gasteiger partial charge in [0, 0.05) is 0 Å². The molecule has 0 bridgehead atoms. The summed E-state index contributed by atoms with van der Waals surface area (Å²) in [6, 6.07) is 0. The van der Waals surface area contributed by atoms with Gasteiger partial charge in [-0.15, -0.1) is 0 Å². The molecule has 0 aliphatic rings. The van der Waals surface area contributed by atoms with Crippen LogP contribution in [-0.2, 0) is 0 Å². The SMILES string of the molecule is [B]=CCC=C. The van der Waals surface area contributed by atoms with Crippen molar-refractivity contribution in [2.45, 2.75) is 6.42 Å². The van der Waals surface area contributed by atoms with E-state index in [1.165, 1.54) is 0 Å². The van der Waals surface area contributed by atoms with Crippen LogP contribution in [0.5, 0.6) is 0 Å². The van der Waals surface area contributed by atoms with Gasteiger partial charge in [0.2, 0.25) is 0 Å². The van der Waals surface area contributed by atoms with Crippen LogP contribution >= 0.6 is 0 Å². The third kappa shape index (κ3) is 3.67. The van der Waals surface area contributed by atoms with Crippen LogP contribution in [0.2, 0.25) is 0 Å². The van der Waals surface area contributed by atoms with Gasteiger partial charge in [-0.1, -0.05) is 0 Å². The van der Waals surface area contributed by atoms with Gasteiger partial charge in [0.1, 0.15) is 0 Å². The fourth-order valence-electron chi connectivity index (χ4n) is 0.0962. The maximum atomic E-state index is 4.94. The molecule has 0 aliphatic carbocycles. The maximum absolute atomic E-state index is 4.94. The van der Waals surface area contributed by atoms with Gasteiger partial charge in [-0.3, -0.25) is 0 Å². The van der Waals surface area contributed by atoms with Gasteiger partial charge in [0.15, 0.2) is 0 Å². The average Bonchev–Trinajstić information content (AvgIpc) is 1.41. The molecule has 0 rings (SSSR count). The van der Waals surface area contributed by atoms with E-state index in [0.29, 0.717) is 0 Å². The van der Waals surface area contributed by atoms with Crippen molar-refractivity contribution in [2.75, 3.05) is 0 Å². The Morgan fingerprint density at radius 1 is 1.80 bits per heavy atom. The van der Waals surface area contributed by atoms with E-state index in [9.17, 15) is 0 Å². The van der Waals surface area contributed by atoms with Crippen molar-refractivity contribution in [1.29, 1.82) is 0 Å². The van der Waals surface area contributed by atoms with E-state index in [0.717, 1.165) is 6.42 Å². The minimum atomic E-state index is 0.806. The van der Waals surface area contributed by atoms with Gasteiger partial charge in [-0.2, -0.15) is 0 Å². The fourth-order valence-corrected chi connectivity index (χ4v) is 0.0962. The van der Waals surface area contributed by atoms with Crippen molar-refractivity contribution < 1.29 is 0 Å². The molecule has 0 saturated heterocycles. The van der Waals surface area contributed by atoms with Crippen molar-refractivity contribution in [1.82, 2.24) is 0 Å². The van der Waals surface area contributed by atoms with Crippen molar-refractivity contribution in [2.24, 2.45) is 0 Å². The summed E-state index contributed by atoms with van der Waals surface area (Å²) < 4.78 is 0. The molecule has 0 aromatic carbocycles. The van der Waals surface area contributed by atoms with Crippen LogP contribution in [0, 0.1) is 0 Å². The second-order valence-electron chi connectivity index (χ2n) is 0.760. The van der Waals surface area contributed by atoms with E-state index >= 15 is 0 Å². The molecule has 0 heterocycles. The van der Waals surface area contributed by atoms with Crippen LogP contribution in [0.15, 0.2) is 12.7 Å². The van der Waals surface area contributed by atoms with Crippen molar-refractivity contribution in [3.8, 4) is 0 Å². The molecule has 0 amide bonds. The van der Waals surface area contributed by atoms with Crippen molar-refractivity contribution in [3.63, 3.8) is 0 Å².